The fourth-order valence-corrected chi connectivity index (χ4v) is 3.57. The lowest BCUT2D eigenvalue weighted by molar-refractivity contribution is -0.132. The smallest absolute Gasteiger partial charge is 0.325 e. The van der Waals surface area contributed by atoms with E-state index in [1.54, 1.807) is 17.1 Å². The average Bonchev–Trinajstić information content (AvgIpc) is 3.09. The minimum atomic E-state index is -1.02. The maximum atomic E-state index is 13.0. The van der Waals surface area contributed by atoms with E-state index in [4.69, 9.17) is 4.74 Å². The molecule has 1 unspecified atom stereocenters. The van der Waals surface area contributed by atoms with Crippen LogP contribution in [0.4, 0.5) is 4.79 Å². The summed E-state index contributed by atoms with van der Waals surface area (Å²) in [6.07, 6.45) is 3.90. The molecule has 2 aliphatic heterocycles. The molecule has 0 radical (unpaired) electrons. The van der Waals surface area contributed by atoms with Gasteiger partial charge in [-0.05, 0) is 22.0 Å². The first-order valence-electron chi connectivity index (χ1n) is 7.64. The highest BCUT2D eigenvalue weighted by atomic mass is 79.9. The largest absolute Gasteiger partial charge is 0.493 e. The Bertz CT molecular complexity index is 821. The Hall–Kier alpha value is -2.35. The number of hydrogen-bond donors (Lipinski definition) is 1. The number of ether oxygens (including phenoxy) is 1. The maximum absolute atomic E-state index is 13.0. The van der Waals surface area contributed by atoms with Crippen LogP contribution in [0, 0.1) is 0 Å². The molecule has 2 aliphatic rings. The van der Waals surface area contributed by atoms with E-state index < -0.39 is 5.54 Å². The monoisotopic (exact) mass is 390 g/mol. The summed E-state index contributed by atoms with van der Waals surface area (Å²) in [7, 11) is 0. The first kappa shape index (κ1) is 15.2. The number of halogens is 1. The summed E-state index contributed by atoms with van der Waals surface area (Å²) in [6, 6.07) is 6.98. The summed E-state index contributed by atoms with van der Waals surface area (Å²) < 4.78 is 8.16. The van der Waals surface area contributed by atoms with Crippen LogP contribution in [0.3, 0.4) is 0 Å². The van der Waals surface area contributed by atoms with Gasteiger partial charge >= 0.3 is 6.03 Å². The van der Waals surface area contributed by atoms with E-state index in [0.29, 0.717) is 25.3 Å². The third-order valence-corrected chi connectivity index (χ3v) is 4.82. The number of fused-ring (bicyclic) bond motifs is 2. The molecule has 124 valence electrons. The number of amides is 3. The van der Waals surface area contributed by atoms with Crippen molar-refractivity contribution in [2.45, 2.75) is 18.5 Å². The molecule has 0 saturated carbocycles. The average molecular weight is 391 g/mol. The number of carbonyl (C=O) groups is 2. The zero-order valence-corrected chi connectivity index (χ0v) is 14.3. The van der Waals surface area contributed by atoms with E-state index in [1.165, 1.54) is 4.90 Å². The molecular formula is C16H15BrN4O3. The summed E-state index contributed by atoms with van der Waals surface area (Å²) >= 11 is 3.33. The Kier molecular flexibility index (Phi) is 3.56. The van der Waals surface area contributed by atoms with Gasteiger partial charge in [0.2, 0.25) is 0 Å². The van der Waals surface area contributed by atoms with Crippen molar-refractivity contribution in [2.24, 2.45) is 0 Å². The normalized spacial score (nSPS) is 22.5. The molecule has 1 aromatic carbocycles. The van der Waals surface area contributed by atoms with Gasteiger partial charge < -0.3 is 10.1 Å². The lowest BCUT2D eigenvalue weighted by atomic mass is 9.84. The van der Waals surface area contributed by atoms with Crippen molar-refractivity contribution in [3.8, 4) is 5.75 Å². The van der Waals surface area contributed by atoms with Crippen molar-refractivity contribution in [2.75, 3.05) is 13.2 Å². The summed E-state index contributed by atoms with van der Waals surface area (Å²) in [4.78, 5) is 26.7. The van der Waals surface area contributed by atoms with Crippen LogP contribution >= 0.6 is 15.9 Å². The van der Waals surface area contributed by atoms with E-state index in [2.05, 4.69) is 26.3 Å². The van der Waals surface area contributed by atoms with Crippen molar-refractivity contribution in [1.82, 2.24) is 20.0 Å². The summed E-state index contributed by atoms with van der Waals surface area (Å²) in [5.74, 6) is 0.421. The second-order valence-corrected chi connectivity index (χ2v) is 6.72. The predicted octanol–water partition coefficient (Wildman–Crippen LogP) is 1.88. The second kappa shape index (κ2) is 5.62. The zero-order chi connectivity index (χ0) is 16.7. The number of urea groups is 1. The second-order valence-electron chi connectivity index (χ2n) is 5.81. The van der Waals surface area contributed by atoms with E-state index in [1.807, 2.05) is 24.3 Å². The number of aromatic nitrogens is 2. The lowest BCUT2D eigenvalue weighted by Gasteiger charge is -2.33. The highest BCUT2D eigenvalue weighted by Gasteiger charge is 2.54. The zero-order valence-electron chi connectivity index (χ0n) is 12.7. The van der Waals surface area contributed by atoms with Crippen molar-refractivity contribution in [3.05, 3.63) is 46.7 Å². The van der Waals surface area contributed by atoms with Crippen LogP contribution in [0.15, 0.2) is 41.1 Å². The Morgan fingerprint density at radius 2 is 2.12 bits per heavy atom. The Morgan fingerprint density at radius 3 is 2.92 bits per heavy atom. The topological polar surface area (TPSA) is 76.5 Å². The fourth-order valence-electron chi connectivity index (χ4n) is 3.24. The van der Waals surface area contributed by atoms with Gasteiger partial charge in [-0.2, -0.15) is 5.10 Å². The van der Waals surface area contributed by atoms with Crippen LogP contribution in [0.1, 0.15) is 12.0 Å². The number of nitrogens with zero attached hydrogens (tertiary/aromatic N) is 3. The Balaban J connectivity index is 1.60. The Labute approximate surface area is 146 Å². The van der Waals surface area contributed by atoms with E-state index in [9.17, 15) is 9.59 Å². The minimum absolute atomic E-state index is 0.227. The molecule has 24 heavy (non-hydrogen) atoms. The van der Waals surface area contributed by atoms with Crippen molar-refractivity contribution < 1.29 is 14.3 Å². The van der Waals surface area contributed by atoms with Gasteiger partial charge in [0, 0.05) is 18.2 Å². The van der Waals surface area contributed by atoms with Crippen LogP contribution in [0.2, 0.25) is 0 Å². The third-order valence-electron chi connectivity index (χ3n) is 4.41. The molecule has 1 saturated heterocycles. The number of carbonyl (C=O) groups excluding carboxylic acids is 2. The van der Waals surface area contributed by atoms with Crippen LogP contribution < -0.4 is 10.1 Å². The first-order valence-corrected chi connectivity index (χ1v) is 8.44. The Morgan fingerprint density at radius 1 is 1.29 bits per heavy atom. The van der Waals surface area contributed by atoms with E-state index in [0.717, 1.165) is 10.0 Å². The predicted molar refractivity (Wildman–Crippen MR) is 88.4 cm³/mol. The van der Waals surface area contributed by atoms with Gasteiger partial charge in [0.25, 0.3) is 5.91 Å². The van der Waals surface area contributed by atoms with Crippen LogP contribution in [-0.4, -0.2) is 39.8 Å². The summed E-state index contributed by atoms with van der Waals surface area (Å²) in [5, 5.41) is 7.03. The van der Waals surface area contributed by atoms with E-state index in [-0.39, 0.29) is 18.5 Å². The SMILES string of the molecule is O=C1NC2(CCOc3ccccc32)C(=O)N1CCn1cc(Br)cn1. The molecule has 7 nitrogen and oxygen atoms in total. The van der Waals surface area contributed by atoms with Gasteiger partial charge in [0.05, 0.1) is 30.4 Å². The molecule has 4 rings (SSSR count). The molecule has 1 N–H and O–H groups in total. The fraction of sp³-hybridized carbons (Fsp3) is 0.312. The molecule has 8 heteroatoms. The molecular weight excluding hydrogens is 376 g/mol. The molecule has 0 aliphatic carbocycles. The van der Waals surface area contributed by atoms with Gasteiger partial charge in [0.15, 0.2) is 5.54 Å². The van der Waals surface area contributed by atoms with Gasteiger partial charge in [-0.25, -0.2) is 4.79 Å². The number of hydrogen-bond acceptors (Lipinski definition) is 4. The molecule has 1 aromatic heterocycles. The standard InChI is InChI=1S/C16H15BrN4O3/c17-11-9-18-20(10-11)6-7-21-14(22)16(19-15(21)23)5-8-24-13-4-2-1-3-12(13)16/h1-4,9-10H,5-8H2,(H,19,23). The number of rotatable bonds is 3. The molecule has 3 amide bonds. The van der Waals surface area contributed by atoms with Crippen molar-refractivity contribution in [3.63, 3.8) is 0 Å². The number of nitrogens with one attached hydrogen (secondary N) is 1. The molecule has 0 bridgehead atoms. The highest BCUT2D eigenvalue weighted by Crippen LogP contribution is 2.40. The number of benzene rings is 1. The van der Waals surface area contributed by atoms with Gasteiger partial charge in [-0.1, -0.05) is 18.2 Å². The number of imide groups is 1. The quantitative estimate of drug-likeness (QED) is 0.811. The molecule has 1 spiro atoms. The minimum Gasteiger partial charge on any atom is -0.493 e. The molecule has 2 aromatic rings. The molecule has 1 atom stereocenters. The van der Waals surface area contributed by atoms with Gasteiger partial charge in [-0.15, -0.1) is 0 Å². The summed E-state index contributed by atoms with van der Waals surface area (Å²) in [5.41, 5.74) is -0.296. The van der Waals surface area contributed by atoms with E-state index >= 15 is 0 Å². The molecule has 3 heterocycles. The highest BCUT2D eigenvalue weighted by molar-refractivity contribution is 9.10. The van der Waals surface area contributed by atoms with Crippen LogP contribution in [0.5, 0.6) is 5.75 Å². The van der Waals surface area contributed by atoms with Gasteiger partial charge in [0.1, 0.15) is 5.75 Å². The first-order chi connectivity index (χ1) is 11.6. The van der Waals surface area contributed by atoms with Crippen molar-refractivity contribution >= 4 is 27.9 Å². The third kappa shape index (κ3) is 2.29. The number of para-hydroxylation sites is 1. The lowest BCUT2D eigenvalue weighted by Crippen LogP contribution is -2.47. The summed E-state index contributed by atoms with van der Waals surface area (Å²) in [6.45, 7) is 1.10. The van der Waals surface area contributed by atoms with Crippen LogP contribution in [0.25, 0.3) is 0 Å². The van der Waals surface area contributed by atoms with Crippen LogP contribution in [-0.2, 0) is 16.9 Å². The van der Waals surface area contributed by atoms with Gasteiger partial charge in [-0.3, -0.25) is 14.4 Å². The maximum Gasteiger partial charge on any atom is 0.325 e. The van der Waals surface area contributed by atoms with Crippen molar-refractivity contribution in [1.29, 1.82) is 0 Å². The molecule has 1 fully saturated rings.